The molecular weight excluding hydrogens is 162 g/mol. The van der Waals surface area contributed by atoms with Crippen molar-refractivity contribution >= 4 is 5.65 Å². The Balaban J connectivity index is 2.78. The van der Waals surface area contributed by atoms with Gasteiger partial charge in [0, 0.05) is 18.3 Å². The van der Waals surface area contributed by atoms with Gasteiger partial charge in [0.15, 0.2) is 5.65 Å². The van der Waals surface area contributed by atoms with Crippen LogP contribution in [-0.2, 0) is 0 Å². The van der Waals surface area contributed by atoms with Crippen LogP contribution in [0.5, 0.6) is 0 Å². The van der Waals surface area contributed by atoms with E-state index in [9.17, 15) is 0 Å². The molecule has 0 aliphatic heterocycles. The van der Waals surface area contributed by atoms with Crippen LogP contribution in [0.25, 0.3) is 5.65 Å². The average molecular weight is 175 g/mol. The first kappa shape index (κ1) is 8.23. The minimum atomic E-state index is 0.436. The van der Waals surface area contributed by atoms with Crippen molar-refractivity contribution in [3.05, 3.63) is 30.0 Å². The molecule has 0 saturated carbocycles. The van der Waals surface area contributed by atoms with Crippen LogP contribution in [0, 0.1) is 6.92 Å². The lowest BCUT2D eigenvalue weighted by molar-refractivity contribution is 0.766. The minimum Gasteiger partial charge on any atom is -0.288 e. The van der Waals surface area contributed by atoms with E-state index in [-0.39, 0.29) is 0 Å². The molecule has 2 aromatic heterocycles. The summed E-state index contributed by atoms with van der Waals surface area (Å²) in [6.45, 7) is 6.27. The predicted molar refractivity (Wildman–Crippen MR) is 51.8 cm³/mol. The van der Waals surface area contributed by atoms with E-state index in [1.165, 1.54) is 0 Å². The van der Waals surface area contributed by atoms with Gasteiger partial charge in [-0.1, -0.05) is 13.8 Å². The molecule has 68 valence electrons. The standard InChI is InChI=1S/C10H13N3/c1-7(2)9-12-8(3)10-11-5-4-6-13(9)10/h4-7H,1-3H3. The smallest absolute Gasteiger partial charge is 0.159 e. The fourth-order valence-electron chi connectivity index (χ4n) is 1.51. The summed E-state index contributed by atoms with van der Waals surface area (Å²) in [6.07, 6.45) is 3.81. The molecule has 0 amide bonds. The van der Waals surface area contributed by atoms with Crippen molar-refractivity contribution in [2.24, 2.45) is 0 Å². The number of hydrogen-bond donors (Lipinski definition) is 0. The molecule has 13 heavy (non-hydrogen) atoms. The molecule has 0 radical (unpaired) electrons. The van der Waals surface area contributed by atoms with Gasteiger partial charge in [-0.05, 0) is 13.0 Å². The first-order valence-corrected chi connectivity index (χ1v) is 4.49. The third kappa shape index (κ3) is 1.20. The zero-order valence-electron chi connectivity index (χ0n) is 8.15. The van der Waals surface area contributed by atoms with Gasteiger partial charge in [0.1, 0.15) is 5.82 Å². The normalized spacial score (nSPS) is 11.4. The molecule has 0 saturated heterocycles. The highest BCUT2D eigenvalue weighted by Gasteiger charge is 2.10. The summed E-state index contributed by atoms with van der Waals surface area (Å²) in [5.74, 6) is 1.52. The van der Waals surface area contributed by atoms with E-state index in [4.69, 9.17) is 0 Å². The lowest BCUT2D eigenvalue weighted by atomic mass is 10.2. The Bertz CT molecular complexity index is 429. The molecule has 2 aromatic rings. The van der Waals surface area contributed by atoms with Crippen molar-refractivity contribution in [3.63, 3.8) is 0 Å². The molecule has 0 aliphatic carbocycles. The lowest BCUT2D eigenvalue weighted by Crippen LogP contribution is -1.96. The Kier molecular flexibility index (Phi) is 1.79. The van der Waals surface area contributed by atoms with Gasteiger partial charge >= 0.3 is 0 Å². The molecule has 0 unspecified atom stereocenters. The number of rotatable bonds is 1. The average Bonchev–Trinajstić information content (AvgIpc) is 2.45. The first-order chi connectivity index (χ1) is 6.20. The zero-order chi connectivity index (χ0) is 9.42. The van der Waals surface area contributed by atoms with E-state index in [2.05, 4.69) is 28.2 Å². The second kappa shape index (κ2) is 2.83. The molecule has 0 bridgehead atoms. The van der Waals surface area contributed by atoms with Crippen LogP contribution in [0.1, 0.15) is 31.3 Å². The van der Waals surface area contributed by atoms with Crippen LogP contribution in [0.15, 0.2) is 18.5 Å². The Morgan fingerprint density at radius 2 is 2.15 bits per heavy atom. The summed E-state index contributed by atoms with van der Waals surface area (Å²) in [4.78, 5) is 8.77. The minimum absolute atomic E-state index is 0.436. The van der Waals surface area contributed by atoms with Crippen molar-refractivity contribution in [2.75, 3.05) is 0 Å². The maximum absolute atomic E-state index is 4.49. The summed E-state index contributed by atoms with van der Waals surface area (Å²) in [5.41, 5.74) is 1.97. The first-order valence-electron chi connectivity index (χ1n) is 4.49. The number of fused-ring (bicyclic) bond motifs is 1. The molecule has 2 rings (SSSR count). The van der Waals surface area contributed by atoms with Crippen molar-refractivity contribution < 1.29 is 0 Å². The molecule has 0 aromatic carbocycles. The lowest BCUT2D eigenvalue weighted by Gasteiger charge is -2.01. The summed E-state index contributed by atoms with van der Waals surface area (Å²) < 4.78 is 2.06. The van der Waals surface area contributed by atoms with Gasteiger partial charge in [0.2, 0.25) is 0 Å². The van der Waals surface area contributed by atoms with Gasteiger partial charge in [-0.25, -0.2) is 9.97 Å². The van der Waals surface area contributed by atoms with Crippen LogP contribution in [-0.4, -0.2) is 14.4 Å². The molecule has 2 heterocycles. The second-order valence-electron chi connectivity index (χ2n) is 3.52. The van der Waals surface area contributed by atoms with E-state index in [0.717, 1.165) is 17.2 Å². The number of aromatic nitrogens is 3. The van der Waals surface area contributed by atoms with Gasteiger partial charge in [-0.2, -0.15) is 0 Å². The summed E-state index contributed by atoms with van der Waals surface area (Å²) >= 11 is 0. The van der Waals surface area contributed by atoms with Crippen LogP contribution >= 0.6 is 0 Å². The third-order valence-corrected chi connectivity index (χ3v) is 2.12. The molecule has 0 spiro atoms. The SMILES string of the molecule is Cc1nc(C(C)C)n2cccnc12. The van der Waals surface area contributed by atoms with Crippen molar-refractivity contribution in [1.82, 2.24) is 14.4 Å². The highest BCUT2D eigenvalue weighted by atomic mass is 15.1. The fraction of sp³-hybridized carbons (Fsp3) is 0.400. The van der Waals surface area contributed by atoms with Crippen LogP contribution in [0.4, 0.5) is 0 Å². The Hall–Kier alpha value is -1.38. The molecule has 3 heteroatoms. The van der Waals surface area contributed by atoms with Crippen LogP contribution in [0.2, 0.25) is 0 Å². The number of hydrogen-bond acceptors (Lipinski definition) is 2. The fourth-order valence-corrected chi connectivity index (χ4v) is 1.51. The molecule has 0 fully saturated rings. The largest absolute Gasteiger partial charge is 0.288 e. The Morgan fingerprint density at radius 3 is 2.85 bits per heavy atom. The summed E-state index contributed by atoms with van der Waals surface area (Å²) in [5, 5.41) is 0. The third-order valence-electron chi connectivity index (χ3n) is 2.12. The molecule has 0 atom stereocenters. The number of nitrogens with zero attached hydrogens (tertiary/aromatic N) is 3. The zero-order valence-corrected chi connectivity index (χ0v) is 8.15. The van der Waals surface area contributed by atoms with Gasteiger partial charge in [0.05, 0.1) is 5.69 Å². The van der Waals surface area contributed by atoms with Crippen molar-refractivity contribution in [3.8, 4) is 0 Å². The van der Waals surface area contributed by atoms with Gasteiger partial charge in [0.25, 0.3) is 0 Å². The summed E-state index contributed by atoms with van der Waals surface area (Å²) in [6, 6.07) is 1.93. The van der Waals surface area contributed by atoms with E-state index in [0.29, 0.717) is 5.92 Å². The molecule has 0 aliphatic rings. The predicted octanol–water partition coefficient (Wildman–Crippen LogP) is 2.16. The Labute approximate surface area is 77.4 Å². The highest BCUT2D eigenvalue weighted by Crippen LogP contribution is 2.16. The maximum Gasteiger partial charge on any atom is 0.159 e. The number of imidazole rings is 1. The van der Waals surface area contributed by atoms with Crippen LogP contribution < -0.4 is 0 Å². The summed E-state index contributed by atoms with van der Waals surface area (Å²) in [7, 11) is 0. The monoisotopic (exact) mass is 175 g/mol. The topological polar surface area (TPSA) is 30.2 Å². The Morgan fingerprint density at radius 1 is 1.38 bits per heavy atom. The molecular formula is C10H13N3. The van der Waals surface area contributed by atoms with E-state index >= 15 is 0 Å². The van der Waals surface area contributed by atoms with Crippen molar-refractivity contribution in [2.45, 2.75) is 26.7 Å². The van der Waals surface area contributed by atoms with E-state index in [1.807, 2.05) is 19.2 Å². The maximum atomic E-state index is 4.49. The van der Waals surface area contributed by atoms with E-state index in [1.54, 1.807) is 6.20 Å². The van der Waals surface area contributed by atoms with Gasteiger partial charge in [-0.15, -0.1) is 0 Å². The second-order valence-corrected chi connectivity index (χ2v) is 3.52. The van der Waals surface area contributed by atoms with Gasteiger partial charge < -0.3 is 0 Å². The van der Waals surface area contributed by atoms with Crippen LogP contribution in [0.3, 0.4) is 0 Å². The van der Waals surface area contributed by atoms with E-state index < -0.39 is 0 Å². The number of aryl methyl sites for hydroxylation is 1. The quantitative estimate of drug-likeness (QED) is 0.664. The van der Waals surface area contributed by atoms with Gasteiger partial charge in [-0.3, -0.25) is 4.40 Å². The molecule has 0 N–H and O–H groups in total. The molecule has 3 nitrogen and oxygen atoms in total. The van der Waals surface area contributed by atoms with Crippen molar-refractivity contribution in [1.29, 1.82) is 0 Å². The highest BCUT2D eigenvalue weighted by molar-refractivity contribution is 5.44.